The third kappa shape index (κ3) is 3.37. The van der Waals surface area contributed by atoms with Crippen LogP contribution in [0.4, 0.5) is 0 Å². The zero-order chi connectivity index (χ0) is 20.7. The third-order valence-electron chi connectivity index (χ3n) is 5.09. The van der Waals surface area contributed by atoms with E-state index >= 15 is 0 Å². The molecule has 1 aliphatic rings. The number of fused-ring (bicyclic) bond motifs is 1. The van der Waals surface area contributed by atoms with E-state index in [1.165, 1.54) is 28.7 Å². The first-order valence-electron chi connectivity index (χ1n) is 9.12. The van der Waals surface area contributed by atoms with Gasteiger partial charge in [0.25, 0.3) is 11.5 Å². The topological polar surface area (TPSA) is 91.0 Å². The monoisotopic (exact) mass is 396 g/mol. The maximum absolute atomic E-state index is 12.7. The van der Waals surface area contributed by atoms with Gasteiger partial charge in [-0.2, -0.15) is 0 Å². The minimum absolute atomic E-state index is 0.0337. The van der Waals surface area contributed by atoms with Gasteiger partial charge in [0.2, 0.25) is 0 Å². The van der Waals surface area contributed by atoms with Crippen molar-refractivity contribution in [3.8, 4) is 11.5 Å². The van der Waals surface area contributed by atoms with E-state index in [9.17, 15) is 14.4 Å². The van der Waals surface area contributed by atoms with Crippen molar-refractivity contribution < 1.29 is 18.7 Å². The van der Waals surface area contributed by atoms with Gasteiger partial charge in [-0.05, 0) is 25.1 Å². The molecular formula is C21H20N2O6. The van der Waals surface area contributed by atoms with E-state index < -0.39 is 11.5 Å². The number of pyridine rings is 1. The number of aromatic nitrogens is 1. The van der Waals surface area contributed by atoms with E-state index in [4.69, 9.17) is 13.9 Å². The Bertz CT molecular complexity index is 1220. The third-order valence-corrected chi connectivity index (χ3v) is 5.09. The van der Waals surface area contributed by atoms with Gasteiger partial charge >= 0.3 is 5.63 Å². The maximum atomic E-state index is 12.7. The number of benzene rings is 1. The molecule has 0 radical (unpaired) electrons. The van der Waals surface area contributed by atoms with Crippen molar-refractivity contribution in [1.29, 1.82) is 0 Å². The standard InChI is InChI=1S/C21H20N2O6/c1-12-7-14(9-18(24)22(12)2)28-15-10-23(11-15)20(25)16-8-13-5-4-6-17(27-3)19(13)29-21(16)26/h4-9,15H,10-11H2,1-3H3. The van der Waals surface area contributed by atoms with Crippen LogP contribution in [0.3, 0.4) is 0 Å². The van der Waals surface area contributed by atoms with Crippen molar-refractivity contribution in [2.24, 2.45) is 7.05 Å². The number of ether oxygens (including phenoxy) is 2. The zero-order valence-corrected chi connectivity index (χ0v) is 16.3. The molecule has 3 aromatic rings. The van der Waals surface area contributed by atoms with Crippen molar-refractivity contribution in [1.82, 2.24) is 9.47 Å². The summed E-state index contributed by atoms with van der Waals surface area (Å²) in [6, 6.07) is 9.90. The molecule has 29 heavy (non-hydrogen) atoms. The van der Waals surface area contributed by atoms with Crippen LogP contribution in [0.25, 0.3) is 11.0 Å². The molecule has 150 valence electrons. The van der Waals surface area contributed by atoms with Gasteiger partial charge in [0, 0.05) is 24.2 Å². The number of amides is 1. The Morgan fingerprint density at radius 3 is 2.62 bits per heavy atom. The number of nitrogens with zero attached hydrogens (tertiary/aromatic N) is 2. The van der Waals surface area contributed by atoms with Crippen molar-refractivity contribution >= 4 is 16.9 Å². The molecule has 0 N–H and O–H groups in total. The quantitative estimate of drug-likeness (QED) is 0.624. The fourth-order valence-electron chi connectivity index (χ4n) is 3.27. The summed E-state index contributed by atoms with van der Waals surface area (Å²) in [5.74, 6) is 0.490. The molecule has 2 aromatic heterocycles. The number of hydrogen-bond donors (Lipinski definition) is 0. The summed E-state index contributed by atoms with van der Waals surface area (Å²) in [6.07, 6.45) is -0.238. The van der Waals surface area contributed by atoms with Crippen LogP contribution in [0.1, 0.15) is 16.1 Å². The van der Waals surface area contributed by atoms with Gasteiger partial charge in [-0.15, -0.1) is 0 Å². The second-order valence-corrected chi connectivity index (χ2v) is 7.01. The Kier molecular flexibility index (Phi) is 4.62. The molecule has 1 saturated heterocycles. The van der Waals surface area contributed by atoms with Gasteiger partial charge in [-0.1, -0.05) is 12.1 Å². The number of rotatable bonds is 4. The molecule has 3 heterocycles. The summed E-state index contributed by atoms with van der Waals surface area (Å²) >= 11 is 0. The highest BCUT2D eigenvalue weighted by Crippen LogP contribution is 2.25. The number of para-hydroxylation sites is 1. The first kappa shape index (κ1) is 18.8. The van der Waals surface area contributed by atoms with Gasteiger partial charge in [-0.25, -0.2) is 4.79 Å². The Balaban J connectivity index is 1.49. The normalized spacial score (nSPS) is 14.0. The summed E-state index contributed by atoms with van der Waals surface area (Å²) in [6.45, 7) is 2.46. The van der Waals surface area contributed by atoms with Crippen LogP contribution in [0, 0.1) is 6.92 Å². The summed E-state index contributed by atoms with van der Waals surface area (Å²) in [4.78, 5) is 38.4. The number of carbonyl (C=O) groups excluding carboxylic acids is 1. The van der Waals surface area contributed by atoms with E-state index in [-0.39, 0.29) is 17.2 Å². The molecule has 0 atom stereocenters. The minimum Gasteiger partial charge on any atom is -0.493 e. The molecule has 1 amide bonds. The number of hydrogen-bond acceptors (Lipinski definition) is 6. The van der Waals surface area contributed by atoms with Gasteiger partial charge < -0.3 is 23.4 Å². The average molecular weight is 396 g/mol. The number of carbonyl (C=O) groups is 1. The number of aryl methyl sites for hydroxylation is 1. The van der Waals surface area contributed by atoms with Crippen molar-refractivity contribution in [2.45, 2.75) is 13.0 Å². The molecule has 0 bridgehead atoms. The molecule has 0 unspecified atom stereocenters. The zero-order valence-electron chi connectivity index (χ0n) is 16.3. The van der Waals surface area contributed by atoms with Gasteiger partial charge in [0.05, 0.1) is 20.2 Å². The first-order valence-corrected chi connectivity index (χ1v) is 9.12. The average Bonchev–Trinajstić information content (AvgIpc) is 2.67. The molecular weight excluding hydrogens is 376 g/mol. The van der Waals surface area contributed by atoms with E-state index in [1.54, 1.807) is 31.3 Å². The fraction of sp³-hybridized carbons (Fsp3) is 0.286. The van der Waals surface area contributed by atoms with E-state index in [1.807, 2.05) is 6.92 Å². The minimum atomic E-state index is -0.710. The molecule has 0 saturated carbocycles. The summed E-state index contributed by atoms with van der Waals surface area (Å²) in [5.41, 5.74) is 0.190. The van der Waals surface area contributed by atoms with Gasteiger partial charge in [0.15, 0.2) is 11.3 Å². The van der Waals surface area contributed by atoms with E-state index in [0.29, 0.717) is 35.6 Å². The second kappa shape index (κ2) is 7.12. The van der Waals surface area contributed by atoms with Crippen LogP contribution >= 0.6 is 0 Å². The van der Waals surface area contributed by atoms with E-state index in [2.05, 4.69) is 0 Å². The lowest BCUT2D eigenvalue weighted by Crippen LogP contribution is -2.56. The summed E-state index contributed by atoms with van der Waals surface area (Å²) in [7, 11) is 3.17. The van der Waals surface area contributed by atoms with Crippen molar-refractivity contribution in [3.05, 3.63) is 68.4 Å². The molecule has 8 nitrogen and oxygen atoms in total. The molecule has 1 aliphatic heterocycles. The SMILES string of the molecule is COc1cccc2cc(C(=O)N3CC(Oc4cc(C)n(C)c(=O)c4)C3)c(=O)oc12. The molecule has 0 aliphatic carbocycles. The molecule has 1 fully saturated rings. The smallest absolute Gasteiger partial charge is 0.349 e. The van der Waals surface area contributed by atoms with Crippen LogP contribution in [0.2, 0.25) is 0 Å². The van der Waals surface area contributed by atoms with Crippen molar-refractivity contribution in [3.63, 3.8) is 0 Å². The number of likely N-dealkylation sites (tertiary alicyclic amines) is 1. The molecule has 4 rings (SSSR count). The predicted octanol–water partition coefficient (Wildman–Crippen LogP) is 1.71. The van der Waals surface area contributed by atoms with Crippen LogP contribution in [0.15, 0.2) is 50.4 Å². The summed E-state index contributed by atoms with van der Waals surface area (Å²) in [5, 5.41) is 0.608. The van der Waals surface area contributed by atoms with Crippen LogP contribution in [0.5, 0.6) is 11.5 Å². The Hall–Kier alpha value is -3.55. The van der Waals surface area contributed by atoms with Crippen molar-refractivity contribution in [2.75, 3.05) is 20.2 Å². The number of methoxy groups -OCH3 is 1. The lowest BCUT2D eigenvalue weighted by atomic mass is 10.1. The highest BCUT2D eigenvalue weighted by Gasteiger charge is 2.34. The highest BCUT2D eigenvalue weighted by atomic mass is 16.5. The highest BCUT2D eigenvalue weighted by molar-refractivity contribution is 5.97. The van der Waals surface area contributed by atoms with E-state index in [0.717, 1.165) is 5.69 Å². The van der Waals surface area contributed by atoms with Crippen LogP contribution in [-0.4, -0.2) is 41.7 Å². The Morgan fingerprint density at radius 1 is 1.17 bits per heavy atom. The van der Waals surface area contributed by atoms with Gasteiger partial charge in [-0.3, -0.25) is 9.59 Å². The van der Waals surface area contributed by atoms with Crippen LogP contribution < -0.4 is 20.7 Å². The van der Waals surface area contributed by atoms with Gasteiger partial charge in [0.1, 0.15) is 17.4 Å². The first-order chi connectivity index (χ1) is 13.9. The van der Waals surface area contributed by atoms with Crippen LogP contribution in [-0.2, 0) is 7.05 Å². The molecule has 8 heteroatoms. The lowest BCUT2D eigenvalue weighted by Gasteiger charge is -2.38. The molecule has 0 spiro atoms. The predicted molar refractivity (Wildman–Crippen MR) is 106 cm³/mol. The largest absolute Gasteiger partial charge is 0.493 e. The Labute approximate surface area is 165 Å². The molecule has 1 aromatic carbocycles. The maximum Gasteiger partial charge on any atom is 0.349 e. The second-order valence-electron chi connectivity index (χ2n) is 7.01. The lowest BCUT2D eigenvalue weighted by molar-refractivity contribution is 0.0173. The summed E-state index contributed by atoms with van der Waals surface area (Å²) < 4.78 is 17.8. The Morgan fingerprint density at radius 2 is 1.93 bits per heavy atom. The fourth-order valence-corrected chi connectivity index (χ4v) is 3.27.